The lowest BCUT2D eigenvalue weighted by Crippen LogP contribution is -2.58. The molecular formula is C22H19FN4O2S. The Morgan fingerprint density at radius 2 is 1.80 bits per heavy atom. The van der Waals surface area contributed by atoms with Crippen molar-refractivity contribution in [2.75, 3.05) is 36.0 Å². The molecular weight excluding hydrogens is 403 g/mol. The Kier molecular flexibility index (Phi) is 4.44. The van der Waals surface area contributed by atoms with Gasteiger partial charge in [-0.25, -0.2) is 4.39 Å². The van der Waals surface area contributed by atoms with Crippen molar-refractivity contribution < 1.29 is 14.0 Å². The van der Waals surface area contributed by atoms with Crippen LogP contribution in [0.5, 0.6) is 0 Å². The van der Waals surface area contributed by atoms with Crippen LogP contribution < -0.4 is 9.80 Å². The molecule has 3 aliphatic heterocycles. The fourth-order valence-corrected chi connectivity index (χ4v) is 6.05. The number of nitrogens with zero attached hydrogens (tertiary/aromatic N) is 4. The number of fused-ring (bicyclic) bond motifs is 3. The van der Waals surface area contributed by atoms with E-state index >= 15 is 0 Å². The van der Waals surface area contributed by atoms with Gasteiger partial charge in [0.25, 0.3) is 5.91 Å². The minimum absolute atomic E-state index is 0.0159. The quantitative estimate of drug-likeness (QED) is 0.744. The van der Waals surface area contributed by atoms with Crippen LogP contribution in [0.1, 0.15) is 18.4 Å². The second kappa shape index (κ2) is 7.03. The van der Waals surface area contributed by atoms with Crippen molar-refractivity contribution in [3.63, 3.8) is 0 Å². The molecule has 2 amide bonds. The number of carbonyl (C=O) groups is 2. The van der Waals surface area contributed by atoms with Crippen LogP contribution in [-0.4, -0.2) is 47.8 Å². The molecule has 0 N–H and O–H groups in total. The molecule has 3 aliphatic rings. The summed E-state index contributed by atoms with van der Waals surface area (Å²) in [5, 5.41) is 9.30. The zero-order chi connectivity index (χ0) is 20.9. The smallest absolute Gasteiger partial charge is 0.259 e. The summed E-state index contributed by atoms with van der Waals surface area (Å²) in [6.07, 6.45) is 0.856. The van der Waals surface area contributed by atoms with Crippen LogP contribution in [0.4, 0.5) is 15.8 Å². The molecule has 0 aromatic heterocycles. The highest BCUT2D eigenvalue weighted by molar-refractivity contribution is 8.02. The molecule has 2 aromatic rings. The van der Waals surface area contributed by atoms with E-state index in [0.717, 1.165) is 10.6 Å². The molecule has 0 bridgehead atoms. The summed E-state index contributed by atoms with van der Waals surface area (Å²) in [6, 6.07) is 14.2. The number of piperazine rings is 1. The number of rotatable bonds is 2. The van der Waals surface area contributed by atoms with Crippen molar-refractivity contribution in [2.45, 2.75) is 22.6 Å². The average Bonchev–Trinajstić information content (AvgIpc) is 3.28. The molecule has 8 heteroatoms. The van der Waals surface area contributed by atoms with Crippen molar-refractivity contribution >= 4 is 35.0 Å². The molecule has 0 aliphatic carbocycles. The van der Waals surface area contributed by atoms with Crippen LogP contribution in [0, 0.1) is 17.1 Å². The maximum Gasteiger partial charge on any atom is 0.259 e. The minimum Gasteiger partial charge on any atom is -0.367 e. The number of nitriles is 1. The molecule has 0 spiro atoms. The lowest BCUT2D eigenvalue weighted by atomic mass is 10.1. The Labute approximate surface area is 177 Å². The second-order valence-corrected chi connectivity index (χ2v) is 8.93. The first kappa shape index (κ1) is 18.9. The molecule has 0 radical (unpaired) electrons. The van der Waals surface area contributed by atoms with Crippen molar-refractivity contribution in [2.24, 2.45) is 0 Å². The van der Waals surface area contributed by atoms with Crippen molar-refractivity contribution in [3.05, 3.63) is 53.8 Å². The Bertz CT molecular complexity index is 1090. The molecule has 3 heterocycles. The van der Waals surface area contributed by atoms with Gasteiger partial charge in [-0.05, 0) is 30.7 Å². The van der Waals surface area contributed by atoms with Crippen molar-refractivity contribution in [1.29, 1.82) is 5.26 Å². The molecule has 2 fully saturated rings. The zero-order valence-corrected chi connectivity index (χ0v) is 17.0. The predicted octanol–water partition coefficient (Wildman–Crippen LogP) is 2.97. The van der Waals surface area contributed by atoms with E-state index in [4.69, 9.17) is 0 Å². The van der Waals surface area contributed by atoms with E-state index in [1.165, 1.54) is 17.8 Å². The standard InChI is InChI=1S/C22H19FN4O2S/c23-16-4-3-6-17(15(16)14-24)25-10-12-26(13-11-25)21(29)22-9-8-20(28)27(22)18-5-1-2-7-19(18)30-22/h1-7H,8-13H2. The lowest BCUT2D eigenvalue weighted by Gasteiger charge is -2.41. The molecule has 2 aromatic carbocycles. The van der Waals surface area contributed by atoms with Gasteiger partial charge in [0, 0.05) is 37.5 Å². The number of hydrogen-bond donors (Lipinski definition) is 0. The lowest BCUT2D eigenvalue weighted by molar-refractivity contribution is -0.134. The summed E-state index contributed by atoms with van der Waals surface area (Å²) < 4.78 is 14.0. The van der Waals surface area contributed by atoms with Gasteiger partial charge in [0.1, 0.15) is 17.4 Å². The molecule has 6 nitrogen and oxygen atoms in total. The van der Waals surface area contributed by atoms with Crippen molar-refractivity contribution in [3.8, 4) is 6.07 Å². The first-order chi connectivity index (χ1) is 14.5. The third-order valence-corrected chi connectivity index (χ3v) is 7.48. The highest BCUT2D eigenvalue weighted by Crippen LogP contribution is 2.56. The predicted molar refractivity (Wildman–Crippen MR) is 112 cm³/mol. The summed E-state index contributed by atoms with van der Waals surface area (Å²) in [5.74, 6) is -0.598. The second-order valence-electron chi connectivity index (χ2n) is 7.61. The number of hydrogen-bond acceptors (Lipinski definition) is 5. The Balaban J connectivity index is 1.37. The Morgan fingerprint density at radius 3 is 2.57 bits per heavy atom. The normalized spacial score (nSPS) is 22.7. The van der Waals surface area contributed by atoms with E-state index in [9.17, 15) is 19.2 Å². The molecule has 1 atom stereocenters. The van der Waals surface area contributed by atoms with E-state index in [1.54, 1.807) is 21.9 Å². The molecule has 5 rings (SSSR count). The highest BCUT2D eigenvalue weighted by Gasteiger charge is 2.58. The highest BCUT2D eigenvalue weighted by atomic mass is 32.2. The van der Waals surface area contributed by atoms with E-state index in [0.29, 0.717) is 44.7 Å². The van der Waals surface area contributed by atoms with Crippen molar-refractivity contribution in [1.82, 2.24) is 4.90 Å². The summed E-state index contributed by atoms with van der Waals surface area (Å²) >= 11 is 1.47. The van der Waals surface area contributed by atoms with Crippen LogP contribution >= 0.6 is 11.8 Å². The van der Waals surface area contributed by atoms with E-state index in [-0.39, 0.29) is 17.4 Å². The maximum atomic E-state index is 14.0. The van der Waals surface area contributed by atoms with E-state index in [1.807, 2.05) is 35.2 Å². The Hall–Kier alpha value is -3.05. The summed E-state index contributed by atoms with van der Waals surface area (Å²) in [7, 11) is 0. The average molecular weight is 422 g/mol. The van der Waals surface area contributed by atoms with E-state index < -0.39 is 10.7 Å². The fourth-order valence-electron chi connectivity index (χ4n) is 4.57. The van der Waals surface area contributed by atoms with Crippen LogP contribution in [0.15, 0.2) is 47.4 Å². The first-order valence-corrected chi connectivity index (χ1v) is 10.7. The molecule has 0 saturated carbocycles. The third kappa shape index (κ3) is 2.69. The van der Waals surface area contributed by atoms with Gasteiger partial charge < -0.3 is 9.80 Å². The van der Waals surface area contributed by atoms with E-state index in [2.05, 4.69) is 0 Å². The summed E-state index contributed by atoms with van der Waals surface area (Å²) in [5.41, 5.74) is 1.41. The number of thioether (sulfide) groups is 1. The SMILES string of the molecule is N#Cc1c(F)cccc1N1CCN(C(=O)C23CCC(=O)N2c2ccccc2S3)CC1. The zero-order valence-electron chi connectivity index (χ0n) is 16.2. The third-order valence-electron chi connectivity index (χ3n) is 6.02. The Morgan fingerprint density at radius 1 is 1.07 bits per heavy atom. The number of para-hydroxylation sites is 1. The molecule has 1 unspecified atom stereocenters. The largest absolute Gasteiger partial charge is 0.367 e. The van der Waals surface area contributed by atoms with Gasteiger partial charge in [0.05, 0.1) is 11.4 Å². The van der Waals surface area contributed by atoms with Gasteiger partial charge in [-0.1, -0.05) is 30.0 Å². The number of anilines is 2. The minimum atomic E-state index is -0.903. The monoisotopic (exact) mass is 422 g/mol. The number of carbonyl (C=O) groups excluding carboxylic acids is 2. The summed E-state index contributed by atoms with van der Waals surface area (Å²) in [6.45, 7) is 1.93. The number of amides is 2. The van der Waals surface area contributed by atoms with Gasteiger partial charge in [-0.2, -0.15) is 5.26 Å². The summed E-state index contributed by atoms with van der Waals surface area (Å²) in [4.78, 5) is 31.7. The fraction of sp³-hybridized carbons (Fsp3) is 0.318. The van der Waals surface area contributed by atoms with Gasteiger partial charge in [-0.15, -0.1) is 0 Å². The van der Waals surface area contributed by atoms with Crippen LogP contribution in [-0.2, 0) is 9.59 Å². The van der Waals surface area contributed by atoms with Crippen LogP contribution in [0.3, 0.4) is 0 Å². The number of halogens is 1. The van der Waals surface area contributed by atoms with Crippen LogP contribution in [0.25, 0.3) is 0 Å². The van der Waals surface area contributed by atoms with Gasteiger partial charge in [0.15, 0.2) is 4.87 Å². The maximum absolute atomic E-state index is 14.0. The van der Waals surface area contributed by atoms with Crippen LogP contribution in [0.2, 0.25) is 0 Å². The topological polar surface area (TPSA) is 67.6 Å². The molecule has 152 valence electrons. The molecule has 30 heavy (non-hydrogen) atoms. The van der Waals surface area contributed by atoms with Gasteiger partial charge in [0.2, 0.25) is 5.91 Å². The van der Waals surface area contributed by atoms with Gasteiger partial charge >= 0.3 is 0 Å². The molecule has 2 saturated heterocycles. The number of benzene rings is 2. The van der Waals surface area contributed by atoms with Gasteiger partial charge in [-0.3, -0.25) is 14.5 Å². The first-order valence-electron chi connectivity index (χ1n) is 9.89.